The van der Waals surface area contributed by atoms with E-state index in [4.69, 9.17) is 9.84 Å². The minimum atomic E-state index is -0.131. The molecule has 4 heteroatoms. The number of carbonyl (C=O) groups excluding carboxylic acids is 1. The number of carbonyl (C=O) groups is 1. The number of para-hydroxylation sites is 1. The van der Waals surface area contributed by atoms with Crippen molar-refractivity contribution in [2.75, 3.05) is 6.61 Å². The molecule has 0 spiro atoms. The minimum absolute atomic E-state index is 0.0255. The molecule has 0 fully saturated rings. The summed E-state index contributed by atoms with van der Waals surface area (Å²) in [6, 6.07) is 16.9. The van der Waals surface area contributed by atoms with E-state index in [-0.39, 0.29) is 24.5 Å². The van der Waals surface area contributed by atoms with Gasteiger partial charge in [-0.25, -0.2) is 0 Å². The smallest absolute Gasteiger partial charge is 0.251 e. The fraction of sp³-hybridized carbons (Fsp3) is 0.316. The van der Waals surface area contributed by atoms with Crippen molar-refractivity contribution in [3.63, 3.8) is 0 Å². The number of rotatable bonds is 7. The summed E-state index contributed by atoms with van der Waals surface area (Å²) in [5, 5.41) is 12.0. The van der Waals surface area contributed by atoms with Crippen molar-refractivity contribution in [2.45, 2.75) is 26.5 Å². The molecule has 0 aliphatic carbocycles. The Bertz CT molecular complexity index is 610. The fourth-order valence-corrected chi connectivity index (χ4v) is 2.03. The van der Waals surface area contributed by atoms with Gasteiger partial charge in [-0.05, 0) is 42.7 Å². The fourth-order valence-electron chi connectivity index (χ4n) is 2.03. The third-order valence-electron chi connectivity index (χ3n) is 3.87. The largest absolute Gasteiger partial charge is 0.489 e. The number of aliphatic hydroxyl groups is 1. The highest BCUT2D eigenvalue weighted by Gasteiger charge is 2.14. The van der Waals surface area contributed by atoms with Crippen LogP contribution in [0.1, 0.15) is 29.8 Å². The van der Waals surface area contributed by atoms with E-state index in [0.717, 1.165) is 11.3 Å². The van der Waals surface area contributed by atoms with Gasteiger partial charge in [-0.15, -0.1) is 0 Å². The number of benzene rings is 2. The van der Waals surface area contributed by atoms with Crippen LogP contribution >= 0.6 is 0 Å². The molecule has 0 saturated heterocycles. The molecular weight excluding hydrogens is 290 g/mol. The van der Waals surface area contributed by atoms with E-state index in [2.05, 4.69) is 5.32 Å². The van der Waals surface area contributed by atoms with Crippen molar-refractivity contribution < 1.29 is 14.6 Å². The van der Waals surface area contributed by atoms with E-state index in [9.17, 15) is 4.79 Å². The lowest BCUT2D eigenvalue weighted by molar-refractivity contribution is 0.0916. The van der Waals surface area contributed by atoms with Crippen LogP contribution in [0.5, 0.6) is 5.75 Å². The first-order valence-electron chi connectivity index (χ1n) is 7.78. The number of hydrogen-bond acceptors (Lipinski definition) is 3. The lowest BCUT2D eigenvalue weighted by Gasteiger charge is -2.19. The highest BCUT2D eigenvalue weighted by Crippen LogP contribution is 2.12. The summed E-state index contributed by atoms with van der Waals surface area (Å²) in [5.74, 6) is 0.715. The first-order chi connectivity index (χ1) is 11.1. The molecule has 0 aromatic heterocycles. The van der Waals surface area contributed by atoms with Crippen molar-refractivity contribution in [3.05, 3.63) is 65.7 Å². The molecule has 0 heterocycles. The highest BCUT2D eigenvalue weighted by atomic mass is 16.5. The van der Waals surface area contributed by atoms with E-state index < -0.39 is 0 Å². The predicted molar refractivity (Wildman–Crippen MR) is 90.4 cm³/mol. The molecule has 122 valence electrons. The monoisotopic (exact) mass is 313 g/mol. The van der Waals surface area contributed by atoms with Gasteiger partial charge in [0.25, 0.3) is 5.91 Å². The van der Waals surface area contributed by atoms with Crippen molar-refractivity contribution in [1.29, 1.82) is 0 Å². The number of aliphatic hydroxyl groups excluding tert-OH is 1. The Morgan fingerprint density at radius 3 is 2.35 bits per heavy atom. The maximum absolute atomic E-state index is 12.1. The first-order valence-corrected chi connectivity index (χ1v) is 7.78. The SMILES string of the molecule is CC(CO)C(C)NC(=O)c1ccc(COc2ccccc2)cc1. The summed E-state index contributed by atoms with van der Waals surface area (Å²) in [7, 11) is 0. The van der Waals surface area contributed by atoms with Crippen LogP contribution in [0.3, 0.4) is 0 Å². The van der Waals surface area contributed by atoms with Crippen LogP contribution in [-0.2, 0) is 6.61 Å². The summed E-state index contributed by atoms with van der Waals surface area (Å²) in [6.07, 6.45) is 0. The molecule has 0 radical (unpaired) electrons. The molecule has 1 amide bonds. The second-order valence-electron chi connectivity index (χ2n) is 5.72. The van der Waals surface area contributed by atoms with Gasteiger partial charge in [0.15, 0.2) is 0 Å². The van der Waals surface area contributed by atoms with E-state index in [1.54, 1.807) is 12.1 Å². The summed E-state index contributed by atoms with van der Waals surface area (Å²) in [5.41, 5.74) is 1.60. The Morgan fingerprint density at radius 1 is 1.09 bits per heavy atom. The van der Waals surface area contributed by atoms with Gasteiger partial charge < -0.3 is 15.2 Å². The standard InChI is InChI=1S/C19H23NO3/c1-14(12-21)15(2)20-19(22)17-10-8-16(9-11-17)13-23-18-6-4-3-5-7-18/h3-11,14-15,21H,12-13H2,1-2H3,(H,20,22). The second kappa shape index (κ2) is 8.34. The van der Waals surface area contributed by atoms with Crippen molar-refractivity contribution in [3.8, 4) is 5.75 Å². The molecule has 0 aliphatic heterocycles. The van der Waals surface area contributed by atoms with Gasteiger partial charge in [0.1, 0.15) is 12.4 Å². The quantitative estimate of drug-likeness (QED) is 0.826. The van der Waals surface area contributed by atoms with Crippen molar-refractivity contribution in [1.82, 2.24) is 5.32 Å². The normalized spacial score (nSPS) is 13.2. The molecule has 2 aromatic carbocycles. The van der Waals surface area contributed by atoms with Gasteiger partial charge in [-0.2, -0.15) is 0 Å². The van der Waals surface area contributed by atoms with Crippen LogP contribution in [0.2, 0.25) is 0 Å². The summed E-state index contributed by atoms with van der Waals surface area (Å²) >= 11 is 0. The Balaban J connectivity index is 1.90. The molecule has 0 aliphatic rings. The van der Waals surface area contributed by atoms with Crippen molar-refractivity contribution >= 4 is 5.91 Å². The van der Waals surface area contributed by atoms with Gasteiger partial charge in [-0.3, -0.25) is 4.79 Å². The minimum Gasteiger partial charge on any atom is -0.489 e. The molecular formula is C19H23NO3. The Hall–Kier alpha value is -2.33. The number of ether oxygens (including phenoxy) is 1. The van der Waals surface area contributed by atoms with E-state index >= 15 is 0 Å². The van der Waals surface area contributed by atoms with E-state index in [1.165, 1.54) is 0 Å². The van der Waals surface area contributed by atoms with Crippen LogP contribution in [0.25, 0.3) is 0 Å². The van der Waals surface area contributed by atoms with Crippen LogP contribution in [0.15, 0.2) is 54.6 Å². The molecule has 2 unspecified atom stereocenters. The molecule has 2 N–H and O–H groups in total. The molecule has 4 nitrogen and oxygen atoms in total. The van der Waals surface area contributed by atoms with Gasteiger partial charge in [-0.1, -0.05) is 37.3 Å². The Labute approximate surface area is 137 Å². The highest BCUT2D eigenvalue weighted by molar-refractivity contribution is 5.94. The van der Waals surface area contributed by atoms with Gasteiger partial charge in [0.2, 0.25) is 0 Å². The molecule has 2 rings (SSSR count). The zero-order chi connectivity index (χ0) is 16.7. The molecule has 2 aromatic rings. The van der Waals surface area contributed by atoms with Crippen LogP contribution in [0, 0.1) is 5.92 Å². The molecule has 0 saturated carbocycles. The summed E-state index contributed by atoms with van der Waals surface area (Å²) in [6.45, 7) is 4.30. The Kier molecular flexibility index (Phi) is 6.18. The zero-order valence-corrected chi connectivity index (χ0v) is 13.5. The van der Waals surface area contributed by atoms with E-state index in [1.807, 2.05) is 56.3 Å². The summed E-state index contributed by atoms with van der Waals surface area (Å²) in [4.78, 5) is 12.1. The summed E-state index contributed by atoms with van der Waals surface area (Å²) < 4.78 is 5.67. The second-order valence-corrected chi connectivity index (χ2v) is 5.72. The van der Waals surface area contributed by atoms with E-state index in [0.29, 0.717) is 12.2 Å². The first kappa shape index (κ1) is 17.0. The van der Waals surface area contributed by atoms with Gasteiger partial charge in [0, 0.05) is 18.2 Å². The molecule has 0 bridgehead atoms. The van der Waals surface area contributed by atoms with Crippen LogP contribution < -0.4 is 10.1 Å². The molecule has 23 heavy (non-hydrogen) atoms. The maximum Gasteiger partial charge on any atom is 0.251 e. The van der Waals surface area contributed by atoms with Crippen molar-refractivity contribution in [2.24, 2.45) is 5.92 Å². The lowest BCUT2D eigenvalue weighted by Crippen LogP contribution is -2.38. The number of hydrogen-bond donors (Lipinski definition) is 2. The average molecular weight is 313 g/mol. The third-order valence-corrected chi connectivity index (χ3v) is 3.87. The van der Waals surface area contributed by atoms with Gasteiger partial charge >= 0.3 is 0 Å². The zero-order valence-electron chi connectivity index (χ0n) is 13.5. The topological polar surface area (TPSA) is 58.6 Å². The third kappa shape index (κ3) is 5.11. The molecule has 2 atom stereocenters. The lowest BCUT2D eigenvalue weighted by atomic mass is 10.0. The maximum atomic E-state index is 12.1. The number of nitrogens with one attached hydrogen (secondary N) is 1. The van der Waals surface area contributed by atoms with Crippen LogP contribution in [0.4, 0.5) is 0 Å². The number of amides is 1. The van der Waals surface area contributed by atoms with Crippen LogP contribution in [-0.4, -0.2) is 23.7 Å². The average Bonchev–Trinajstić information content (AvgIpc) is 2.60. The Morgan fingerprint density at radius 2 is 1.74 bits per heavy atom. The predicted octanol–water partition coefficient (Wildman–Crippen LogP) is 3.01. The van der Waals surface area contributed by atoms with Gasteiger partial charge in [0.05, 0.1) is 0 Å².